The van der Waals surface area contributed by atoms with Gasteiger partial charge < -0.3 is 4.74 Å². The van der Waals surface area contributed by atoms with E-state index in [9.17, 15) is 10.1 Å². The number of hydrogen-bond acceptors (Lipinski definition) is 7. The minimum absolute atomic E-state index is 0.208. The molecule has 1 fully saturated rings. The number of nitrogens with zero attached hydrogens (tertiary/aromatic N) is 6. The maximum atomic E-state index is 12.5. The molecule has 3 heterocycles. The molecule has 194 valence electrons. The monoisotopic (exact) mass is 516 g/mol. The molecule has 0 unspecified atom stereocenters. The molecule has 39 heavy (non-hydrogen) atoms. The third-order valence-electron chi connectivity index (χ3n) is 6.81. The molecule has 0 radical (unpaired) electrons. The lowest BCUT2D eigenvalue weighted by Crippen LogP contribution is -2.35. The van der Waals surface area contributed by atoms with E-state index in [0.717, 1.165) is 42.6 Å². The van der Waals surface area contributed by atoms with E-state index in [1.165, 1.54) is 10.7 Å². The highest BCUT2D eigenvalue weighted by Gasteiger charge is 2.19. The van der Waals surface area contributed by atoms with Crippen LogP contribution in [0.5, 0.6) is 5.75 Å². The van der Waals surface area contributed by atoms with Crippen molar-refractivity contribution in [1.29, 1.82) is 5.26 Å². The first kappa shape index (κ1) is 25.8. The van der Waals surface area contributed by atoms with Crippen LogP contribution in [0, 0.1) is 29.6 Å². The van der Waals surface area contributed by atoms with Crippen LogP contribution in [0.1, 0.15) is 24.0 Å². The van der Waals surface area contributed by atoms with Gasteiger partial charge in [0.25, 0.3) is 5.56 Å². The van der Waals surface area contributed by atoms with Crippen LogP contribution in [0.2, 0.25) is 0 Å². The zero-order valence-corrected chi connectivity index (χ0v) is 21.5. The highest BCUT2D eigenvalue weighted by Crippen LogP contribution is 2.22. The maximum Gasteiger partial charge on any atom is 0.267 e. The normalized spacial score (nSPS) is 13.9. The van der Waals surface area contributed by atoms with Crippen LogP contribution in [-0.2, 0) is 6.54 Å². The zero-order valence-electron chi connectivity index (χ0n) is 21.5. The first-order valence-corrected chi connectivity index (χ1v) is 12.9. The molecule has 0 amide bonds. The molecule has 0 aliphatic carbocycles. The molecule has 1 aliphatic rings. The van der Waals surface area contributed by atoms with E-state index < -0.39 is 0 Å². The Morgan fingerprint density at radius 1 is 1.00 bits per heavy atom. The Labute approximate surface area is 227 Å². The van der Waals surface area contributed by atoms with E-state index in [-0.39, 0.29) is 5.56 Å². The van der Waals surface area contributed by atoms with E-state index in [1.54, 1.807) is 36.7 Å². The Balaban J connectivity index is 1.24. The van der Waals surface area contributed by atoms with Crippen LogP contribution in [0.25, 0.3) is 22.6 Å². The van der Waals surface area contributed by atoms with Crippen LogP contribution in [0.15, 0.2) is 77.9 Å². The number of benzene rings is 2. The van der Waals surface area contributed by atoms with Gasteiger partial charge in [0.2, 0.25) is 0 Å². The van der Waals surface area contributed by atoms with Gasteiger partial charge in [-0.05, 0) is 61.7 Å². The Hall–Kier alpha value is -4.79. The topological polar surface area (TPSA) is 96.9 Å². The molecule has 0 atom stereocenters. The molecule has 2 aromatic heterocycles. The van der Waals surface area contributed by atoms with E-state index in [2.05, 4.69) is 32.0 Å². The van der Waals surface area contributed by atoms with Crippen molar-refractivity contribution < 1.29 is 4.74 Å². The van der Waals surface area contributed by atoms with Crippen molar-refractivity contribution in [2.24, 2.45) is 5.92 Å². The second-order valence-electron chi connectivity index (χ2n) is 9.58. The summed E-state index contributed by atoms with van der Waals surface area (Å²) in [6.45, 7) is 3.65. The molecule has 5 rings (SSSR count). The van der Waals surface area contributed by atoms with E-state index in [1.807, 2.05) is 30.3 Å². The minimum Gasteiger partial charge on any atom is -0.490 e. The van der Waals surface area contributed by atoms with Gasteiger partial charge in [-0.2, -0.15) is 10.4 Å². The number of ether oxygens (including phenoxy) is 1. The van der Waals surface area contributed by atoms with Gasteiger partial charge in [0, 0.05) is 17.2 Å². The lowest BCUT2D eigenvalue weighted by molar-refractivity contribution is 0.151. The van der Waals surface area contributed by atoms with Gasteiger partial charge in [-0.25, -0.2) is 14.6 Å². The minimum atomic E-state index is -0.208. The smallest absolute Gasteiger partial charge is 0.267 e. The van der Waals surface area contributed by atoms with E-state index >= 15 is 0 Å². The van der Waals surface area contributed by atoms with Crippen LogP contribution < -0.4 is 10.3 Å². The number of hydrogen-bond donors (Lipinski definition) is 0. The molecular formula is C31H28N6O2. The van der Waals surface area contributed by atoms with Crippen LogP contribution >= 0.6 is 0 Å². The first-order chi connectivity index (χ1) is 19.1. The summed E-state index contributed by atoms with van der Waals surface area (Å²) in [4.78, 5) is 23.9. The van der Waals surface area contributed by atoms with Crippen molar-refractivity contribution in [2.75, 3.05) is 26.2 Å². The molecular weight excluding hydrogens is 488 g/mol. The lowest BCUT2D eigenvalue weighted by Gasteiger charge is -2.30. The number of nitriles is 1. The average Bonchev–Trinajstić information content (AvgIpc) is 2.98. The van der Waals surface area contributed by atoms with Crippen molar-refractivity contribution >= 4 is 0 Å². The van der Waals surface area contributed by atoms with Gasteiger partial charge >= 0.3 is 0 Å². The fourth-order valence-corrected chi connectivity index (χ4v) is 4.64. The molecule has 1 saturated heterocycles. The van der Waals surface area contributed by atoms with E-state index in [0.29, 0.717) is 48.4 Å². The van der Waals surface area contributed by atoms with Crippen molar-refractivity contribution in [3.8, 4) is 46.8 Å². The fourth-order valence-electron chi connectivity index (χ4n) is 4.64. The summed E-state index contributed by atoms with van der Waals surface area (Å²) in [6.07, 6.45) is 11.0. The molecule has 4 aromatic rings. The quantitative estimate of drug-likeness (QED) is 0.327. The number of piperidine rings is 1. The maximum absolute atomic E-state index is 12.5. The highest BCUT2D eigenvalue weighted by molar-refractivity contribution is 5.60. The SMILES string of the molecule is C#CCN1CCC(COc2cnc(-c3cccc(Cn4nc(-c5cccc(C#N)c5)ccc4=O)c3)nc2)CC1. The zero-order chi connectivity index (χ0) is 27.0. The summed E-state index contributed by atoms with van der Waals surface area (Å²) >= 11 is 0. The second-order valence-corrected chi connectivity index (χ2v) is 9.58. The average molecular weight is 517 g/mol. The third kappa shape index (κ3) is 6.56. The van der Waals surface area contributed by atoms with E-state index in [4.69, 9.17) is 11.2 Å². The number of aromatic nitrogens is 4. The summed E-state index contributed by atoms with van der Waals surface area (Å²) < 4.78 is 7.38. The Kier molecular flexibility index (Phi) is 8.06. The standard InChI is InChI=1S/C31H28N6O2/c1-2-13-36-14-11-23(12-15-36)22-39-28-19-33-31(34-20-28)27-8-4-6-25(17-27)21-37-30(38)10-9-29(35-37)26-7-3-5-24(16-26)18-32/h1,3-10,16-17,19-20,23H,11-15,21-22H2. The van der Waals surface area contributed by atoms with Crippen LogP contribution in [-0.4, -0.2) is 50.9 Å². The largest absolute Gasteiger partial charge is 0.490 e. The Morgan fingerprint density at radius 2 is 1.77 bits per heavy atom. The molecule has 0 saturated carbocycles. The molecule has 0 spiro atoms. The molecule has 8 heteroatoms. The van der Waals surface area contributed by atoms with Gasteiger partial charge in [-0.15, -0.1) is 6.42 Å². The van der Waals surface area contributed by atoms with Gasteiger partial charge in [0.05, 0.1) is 49.4 Å². The molecule has 0 N–H and O–H groups in total. The van der Waals surface area contributed by atoms with Gasteiger partial charge in [-0.3, -0.25) is 9.69 Å². The Morgan fingerprint density at radius 3 is 2.54 bits per heavy atom. The van der Waals surface area contributed by atoms with Crippen molar-refractivity contribution in [1.82, 2.24) is 24.6 Å². The van der Waals surface area contributed by atoms with Gasteiger partial charge in [0.15, 0.2) is 11.6 Å². The van der Waals surface area contributed by atoms with Crippen LogP contribution in [0.3, 0.4) is 0 Å². The number of rotatable bonds is 8. The molecule has 8 nitrogen and oxygen atoms in total. The van der Waals surface area contributed by atoms with Gasteiger partial charge in [0.1, 0.15) is 0 Å². The summed E-state index contributed by atoms with van der Waals surface area (Å²) in [5.74, 6) is 4.44. The summed E-state index contributed by atoms with van der Waals surface area (Å²) in [6, 6.07) is 20.2. The van der Waals surface area contributed by atoms with Crippen LogP contribution in [0.4, 0.5) is 0 Å². The fraction of sp³-hybridized carbons (Fsp3) is 0.258. The molecule has 0 bridgehead atoms. The molecule has 1 aliphatic heterocycles. The van der Waals surface area contributed by atoms with Crippen molar-refractivity contribution in [3.63, 3.8) is 0 Å². The number of terminal acetylenes is 1. The first-order valence-electron chi connectivity index (χ1n) is 12.9. The predicted octanol–water partition coefficient (Wildman–Crippen LogP) is 4.01. The summed E-state index contributed by atoms with van der Waals surface area (Å²) in [5.41, 5.74) is 3.47. The molecule has 2 aromatic carbocycles. The summed E-state index contributed by atoms with van der Waals surface area (Å²) in [5, 5.41) is 13.7. The summed E-state index contributed by atoms with van der Waals surface area (Å²) in [7, 11) is 0. The Bertz CT molecular complexity index is 1570. The van der Waals surface area contributed by atoms with Crippen molar-refractivity contribution in [2.45, 2.75) is 19.4 Å². The third-order valence-corrected chi connectivity index (χ3v) is 6.81. The van der Waals surface area contributed by atoms with Crippen molar-refractivity contribution in [3.05, 3.63) is 94.5 Å². The predicted molar refractivity (Wildman–Crippen MR) is 149 cm³/mol. The second kappa shape index (κ2) is 12.2. The number of likely N-dealkylation sites (tertiary alicyclic amines) is 1. The lowest BCUT2D eigenvalue weighted by atomic mass is 9.98. The van der Waals surface area contributed by atoms with Gasteiger partial charge in [-0.1, -0.05) is 36.3 Å². The highest BCUT2D eigenvalue weighted by atomic mass is 16.5.